The fourth-order valence-corrected chi connectivity index (χ4v) is 4.36. The summed E-state index contributed by atoms with van der Waals surface area (Å²) in [4.78, 5) is 13.9. The summed E-state index contributed by atoms with van der Waals surface area (Å²) >= 11 is 0. The fraction of sp³-hybridized carbons (Fsp3) is 0.588. The van der Waals surface area contributed by atoms with Crippen LogP contribution in [0.15, 0.2) is 24.3 Å². The highest BCUT2D eigenvalue weighted by Crippen LogP contribution is 2.29. The molecule has 1 aromatic carbocycles. The van der Waals surface area contributed by atoms with Crippen molar-refractivity contribution in [2.75, 3.05) is 18.8 Å². The average molecular weight is 392 g/mol. The second kappa shape index (κ2) is 8.39. The second-order valence-corrected chi connectivity index (χ2v) is 8.31. The lowest BCUT2D eigenvalue weighted by molar-refractivity contribution is -0.137. The van der Waals surface area contributed by atoms with Crippen LogP contribution in [0.25, 0.3) is 0 Å². The number of carbonyl (C=O) groups is 1. The van der Waals surface area contributed by atoms with Crippen molar-refractivity contribution in [3.05, 3.63) is 35.4 Å². The number of likely N-dealkylation sites (tertiary alicyclic amines) is 1. The number of amides is 1. The largest absolute Gasteiger partial charge is 0.416 e. The molecule has 1 aliphatic heterocycles. The zero-order valence-corrected chi connectivity index (χ0v) is 15.4. The number of piperidine rings is 1. The highest BCUT2D eigenvalue weighted by Gasteiger charge is 2.31. The van der Waals surface area contributed by atoms with E-state index in [0.29, 0.717) is 32.4 Å². The molecular formula is C17H23F3N2O3S. The minimum Gasteiger partial charge on any atom is -0.339 e. The molecule has 26 heavy (non-hydrogen) atoms. The lowest BCUT2D eigenvalue weighted by Gasteiger charge is -2.32. The first kappa shape index (κ1) is 20.7. The normalized spacial score (nSPS) is 16.7. The lowest BCUT2D eigenvalue weighted by atomic mass is 10.0. The first-order chi connectivity index (χ1) is 12.1. The number of halogens is 3. The van der Waals surface area contributed by atoms with Gasteiger partial charge in [-0.05, 0) is 43.5 Å². The van der Waals surface area contributed by atoms with Crippen LogP contribution >= 0.6 is 0 Å². The van der Waals surface area contributed by atoms with Crippen molar-refractivity contribution in [2.45, 2.75) is 44.8 Å². The van der Waals surface area contributed by atoms with Crippen molar-refractivity contribution < 1.29 is 26.4 Å². The molecule has 9 heteroatoms. The average Bonchev–Trinajstić information content (AvgIpc) is 2.59. The second-order valence-electron chi connectivity index (χ2n) is 6.43. The van der Waals surface area contributed by atoms with Gasteiger partial charge in [0.25, 0.3) is 5.91 Å². The van der Waals surface area contributed by atoms with E-state index in [1.165, 1.54) is 12.1 Å². The minimum absolute atomic E-state index is 0.0915. The number of hydrogen-bond donors (Lipinski definition) is 1. The van der Waals surface area contributed by atoms with Gasteiger partial charge in [0.05, 0.1) is 11.3 Å². The van der Waals surface area contributed by atoms with Crippen molar-refractivity contribution in [1.82, 2.24) is 9.62 Å². The van der Waals surface area contributed by atoms with Gasteiger partial charge < -0.3 is 4.90 Å². The van der Waals surface area contributed by atoms with Gasteiger partial charge in [-0.2, -0.15) is 13.2 Å². The molecule has 0 atom stereocenters. The van der Waals surface area contributed by atoms with Crippen LogP contribution in [0.1, 0.15) is 48.5 Å². The van der Waals surface area contributed by atoms with Crippen LogP contribution in [0.4, 0.5) is 13.2 Å². The summed E-state index contributed by atoms with van der Waals surface area (Å²) in [5, 5.41) is 0. The van der Waals surface area contributed by atoms with E-state index in [4.69, 9.17) is 0 Å². The maximum absolute atomic E-state index is 12.6. The quantitative estimate of drug-likeness (QED) is 0.809. The Morgan fingerprint density at radius 3 is 2.27 bits per heavy atom. The first-order valence-corrected chi connectivity index (χ1v) is 10.2. The molecule has 0 radical (unpaired) electrons. The molecule has 0 aliphatic carbocycles. The summed E-state index contributed by atoms with van der Waals surface area (Å²) in [6.07, 6.45) is -2.08. The molecule has 0 saturated carbocycles. The Bertz CT molecular complexity index is 710. The van der Waals surface area contributed by atoms with E-state index in [0.717, 1.165) is 18.6 Å². The molecule has 0 spiro atoms. The Balaban J connectivity index is 1.90. The van der Waals surface area contributed by atoms with E-state index in [1.807, 2.05) is 6.92 Å². The smallest absolute Gasteiger partial charge is 0.339 e. The molecule has 1 amide bonds. The maximum atomic E-state index is 12.6. The highest BCUT2D eigenvalue weighted by molar-refractivity contribution is 7.89. The summed E-state index contributed by atoms with van der Waals surface area (Å²) in [7, 11) is -3.31. The predicted octanol–water partition coefficient (Wildman–Crippen LogP) is 3.03. The predicted molar refractivity (Wildman–Crippen MR) is 92.2 cm³/mol. The van der Waals surface area contributed by atoms with E-state index < -0.39 is 21.8 Å². The van der Waals surface area contributed by atoms with Crippen LogP contribution in [0.5, 0.6) is 0 Å². The standard InChI is InChI=1S/C17H23F3N2O3S/c1-2-3-12-26(24,25)21-15-8-10-22(11-9-15)16(23)13-4-6-14(7-5-13)17(18,19)20/h4-7,15,21H,2-3,8-12H2,1H3. The van der Waals surface area contributed by atoms with E-state index in [1.54, 1.807) is 4.90 Å². The van der Waals surface area contributed by atoms with Gasteiger partial charge in [-0.1, -0.05) is 13.3 Å². The number of alkyl halides is 3. The first-order valence-electron chi connectivity index (χ1n) is 8.59. The molecule has 146 valence electrons. The number of unbranched alkanes of at least 4 members (excludes halogenated alkanes) is 1. The molecule has 1 aromatic rings. The molecule has 1 fully saturated rings. The van der Waals surface area contributed by atoms with Crippen molar-refractivity contribution in [2.24, 2.45) is 0 Å². The van der Waals surface area contributed by atoms with Crippen LogP contribution in [-0.2, 0) is 16.2 Å². The molecule has 0 bridgehead atoms. The van der Waals surface area contributed by atoms with Gasteiger partial charge in [-0.25, -0.2) is 13.1 Å². The van der Waals surface area contributed by atoms with Gasteiger partial charge in [0, 0.05) is 24.7 Å². The number of rotatable bonds is 6. The summed E-state index contributed by atoms with van der Waals surface area (Å²) in [6, 6.07) is 3.91. The van der Waals surface area contributed by atoms with Crippen molar-refractivity contribution in [3.63, 3.8) is 0 Å². The summed E-state index contributed by atoms with van der Waals surface area (Å²) in [5.74, 6) is -0.250. The number of benzene rings is 1. The molecule has 0 aromatic heterocycles. The Morgan fingerprint density at radius 1 is 1.19 bits per heavy atom. The van der Waals surface area contributed by atoms with Gasteiger partial charge in [0.2, 0.25) is 10.0 Å². The van der Waals surface area contributed by atoms with E-state index in [2.05, 4.69) is 4.72 Å². The third-order valence-electron chi connectivity index (χ3n) is 4.35. The molecule has 0 unspecified atom stereocenters. The van der Waals surface area contributed by atoms with Gasteiger partial charge in [0.15, 0.2) is 0 Å². The SMILES string of the molecule is CCCCS(=O)(=O)NC1CCN(C(=O)c2ccc(C(F)(F)F)cc2)CC1. The molecule has 1 N–H and O–H groups in total. The third-order valence-corrected chi connectivity index (χ3v) is 5.87. The van der Waals surface area contributed by atoms with Crippen LogP contribution < -0.4 is 4.72 Å². The van der Waals surface area contributed by atoms with Gasteiger partial charge in [0.1, 0.15) is 0 Å². The third kappa shape index (κ3) is 5.70. The topological polar surface area (TPSA) is 66.5 Å². The molecule has 2 rings (SSSR count). The van der Waals surface area contributed by atoms with Gasteiger partial charge in [-0.15, -0.1) is 0 Å². The zero-order valence-electron chi connectivity index (χ0n) is 14.6. The molecule has 5 nitrogen and oxygen atoms in total. The Kier molecular flexibility index (Phi) is 6.68. The van der Waals surface area contributed by atoms with Crippen LogP contribution in [0, 0.1) is 0 Å². The minimum atomic E-state index is -4.44. The number of nitrogens with zero attached hydrogens (tertiary/aromatic N) is 1. The van der Waals surface area contributed by atoms with Crippen molar-refractivity contribution in [1.29, 1.82) is 0 Å². The summed E-state index contributed by atoms with van der Waals surface area (Å²) in [6.45, 7) is 2.64. The lowest BCUT2D eigenvalue weighted by Crippen LogP contribution is -2.47. The van der Waals surface area contributed by atoms with Crippen molar-refractivity contribution >= 4 is 15.9 Å². The molecular weight excluding hydrogens is 369 g/mol. The number of nitrogens with one attached hydrogen (secondary N) is 1. The number of carbonyl (C=O) groups excluding carboxylic acids is 1. The van der Waals surface area contributed by atoms with E-state index >= 15 is 0 Å². The monoisotopic (exact) mass is 392 g/mol. The Hall–Kier alpha value is -1.61. The maximum Gasteiger partial charge on any atom is 0.416 e. The molecule has 1 heterocycles. The van der Waals surface area contributed by atoms with Gasteiger partial charge >= 0.3 is 6.18 Å². The van der Waals surface area contributed by atoms with Crippen LogP contribution in [0.3, 0.4) is 0 Å². The summed E-state index contributed by atoms with van der Waals surface area (Å²) < 4.78 is 64.3. The van der Waals surface area contributed by atoms with Gasteiger partial charge in [-0.3, -0.25) is 4.79 Å². The number of hydrogen-bond acceptors (Lipinski definition) is 3. The molecule has 1 aliphatic rings. The Labute approximate surface area is 151 Å². The Morgan fingerprint density at radius 2 is 1.77 bits per heavy atom. The number of sulfonamides is 1. The van der Waals surface area contributed by atoms with Crippen molar-refractivity contribution in [3.8, 4) is 0 Å². The van der Waals surface area contributed by atoms with Crippen LogP contribution in [0.2, 0.25) is 0 Å². The zero-order chi connectivity index (χ0) is 19.4. The van der Waals surface area contributed by atoms with Crippen LogP contribution in [-0.4, -0.2) is 44.1 Å². The van der Waals surface area contributed by atoms with E-state index in [-0.39, 0.29) is 23.3 Å². The fourth-order valence-electron chi connectivity index (χ4n) is 2.83. The summed E-state index contributed by atoms with van der Waals surface area (Å²) in [5.41, 5.74) is -0.603. The molecule has 1 saturated heterocycles. The van der Waals surface area contributed by atoms with E-state index in [9.17, 15) is 26.4 Å². The highest BCUT2D eigenvalue weighted by atomic mass is 32.2.